The molecule has 90 valence electrons. The highest BCUT2D eigenvalue weighted by atomic mass is 32.2. The van der Waals surface area contributed by atoms with Crippen molar-refractivity contribution in [2.45, 2.75) is 25.1 Å². The van der Waals surface area contributed by atoms with E-state index in [2.05, 4.69) is 4.90 Å². The summed E-state index contributed by atoms with van der Waals surface area (Å²) in [7, 11) is 0. The van der Waals surface area contributed by atoms with Crippen molar-refractivity contribution in [3.05, 3.63) is 23.9 Å². The predicted octanol–water partition coefficient (Wildman–Crippen LogP) is 1.93. The van der Waals surface area contributed by atoms with Gasteiger partial charge in [-0.15, -0.1) is 0 Å². The van der Waals surface area contributed by atoms with Crippen molar-refractivity contribution in [1.29, 1.82) is 0 Å². The first kappa shape index (κ1) is 12.0. The van der Waals surface area contributed by atoms with Gasteiger partial charge >= 0.3 is 0 Å². The van der Waals surface area contributed by atoms with Crippen molar-refractivity contribution in [3.8, 4) is 0 Å². The van der Waals surface area contributed by atoms with Gasteiger partial charge in [0, 0.05) is 5.70 Å². The zero-order chi connectivity index (χ0) is 11.4. The fourth-order valence-electron chi connectivity index (χ4n) is 2.23. The highest BCUT2D eigenvalue weighted by molar-refractivity contribution is 7.99. The zero-order valence-electron chi connectivity index (χ0n) is 9.44. The molecule has 2 rings (SSSR count). The van der Waals surface area contributed by atoms with E-state index in [-0.39, 0.29) is 6.04 Å². The SMILES string of the molecule is NC1=CC(F)C(N2CCCSCCC2)C=C1. The van der Waals surface area contributed by atoms with Gasteiger partial charge in [0.15, 0.2) is 0 Å². The number of rotatable bonds is 1. The molecule has 0 amide bonds. The lowest BCUT2D eigenvalue weighted by molar-refractivity contribution is 0.163. The molecular weight excluding hydrogens is 223 g/mol. The van der Waals surface area contributed by atoms with Crippen LogP contribution in [0, 0.1) is 0 Å². The Balaban J connectivity index is 1.97. The molecule has 1 saturated heterocycles. The molecule has 0 aromatic carbocycles. The number of alkyl halides is 1. The molecule has 2 unspecified atom stereocenters. The van der Waals surface area contributed by atoms with E-state index >= 15 is 0 Å². The van der Waals surface area contributed by atoms with Crippen LogP contribution >= 0.6 is 11.8 Å². The molecule has 1 fully saturated rings. The maximum absolute atomic E-state index is 13.9. The van der Waals surface area contributed by atoms with Gasteiger partial charge in [0.25, 0.3) is 0 Å². The van der Waals surface area contributed by atoms with Gasteiger partial charge in [-0.2, -0.15) is 11.8 Å². The molecule has 0 spiro atoms. The number of allylic oxidation sites excluding steroid dienone is 1. The van der Waals surface area contributed by atoms with Crippen molar-refractivity contribution < 1.29 is 4.39 Å². The van der Waals surface area contributed by atoms with Crippen LogP contribution in [0.2, 0.25) is 0 Å². The van der Waals surface area contributed by atoms with Gasteiger partial charge in [-0.1, -0.05) is 6.08 Å². The second-order valence-corrected chi connectivity index (χ2v) is 5.54. The van der Waals surface area contributed by atoms with Crippen molar-refractivity contribution in [2.24, 2.45) is 5.73 Å². The topological polar surface area (TPSA) is 29.3 Å². The maximum atomic E-state index is 13.9. The summed E-state index contributed by atoms with van der Waals surface area (Å²) in [6.45, 7) is 1.99. The minimum atomic E-state index is -0.947. The van der Waals surface area contributed by atoms with Gasteiger partial charge < -0.3 is 5.73 Å². The first-order valence-corrected chi connectivity index (χ1v) is 7.04. The summed E-state index contributed by atoms with van der Waals surface area (Å²) >= 11 is 2.01. The van der Waals surface area contributed by atoms with E-state index in [9.17, 15) is 4.39 Å². The molecule has 2 aliphatic rings. The first-order chi connectivity index (χ1) is 7.77. The van der Waals surface area contributed by atoms with E-state index in [0.717, 1.165) is 25.9 Å². The smallest absolute Gasteiger partial charge is 0.140 e. The maximum Gasteiger partial charge on any atom is 0.140 e. The van der Waals surface area contributed by atoms with Crippen LogP contribution in [0.5, 0.6) is 0 Å². The Morgan fingerprint density at radius 2 is 2.00 bits per heavy atom. The Morgan fingerprint density at radius 1 is 1.31 bits per heavy atom. The fourth-order valence-corrected chi connectivity index (χ4v) is 3.10. The Labute approximate surface area is 101 Å². The number of nitrogens with two attached hydrogens (primary N) is 1. The second kappa shape index (κ2) is 5.73. The van der Waals surface area contributed by atoms with Crippen LogP contribution in [-0.2, 0) is 0 Å². The van der Waals surface area contributed by atoms with E-state index in [4.69, 9.17) is 5.73 Å². The predicted molar refractivity (Wildman–Crippen MR) is 68.2 cm³/mol. The number of nitrogens with zero attached hydrogens (tertiary/aromatic N) is 1. The van der Waals surface area contributed by atoms with E-state index in [1.165, 1.54) is 17.6 Å². The highest BCUT2D eigenvalue weighted by Crippen LogP contribution is 2.20. The number of hydrogen-bond donors (Lipinski definition) is 1. The molecular formula is C12H19FN2S. The number of hydrogen-bond acceptors (Lipinski definition) is 3. The standard InChI is InChI=1S/C12H19FN2S/c13-11-9-10(14)3-4-12(11)15-5-1-7-16-8-2-6-15/h3-4,9,11-12H,1-2,5-8,14H2. The van der Waals surface area contributed by atoms with E-state index in [1.807, 2.05) is 23.9 Å². The Kier molecular flexibility index (Phi) is 4.29. The average molecular weight is 242 g/mol. The minimum absolute atomic E-state index is 0.101. The summed E-state index contributed by atoms with van der Waals surface area (Å²) in [4.78, 5) is 2.25. The monoisotopic (exact) mass is 242 g/mol. The molecule has 1 heterocycles. The summed E-state index contributed by atoms with van der Waals surface area (Å²) < 4.78 is 13.9. The molecule has 4 heteroatoms. The second-order valence-electron chi connectivity index (χ2n) is 4.32. The Bertz CT molecular complexity index is 283. The summed E-state index contributed by atoms with van der Waals surface area (Å²) in [5.41, 5.74) is 6.13. The summed E-state index contributed by atoms with van der Waals surface area (Å²) in [5, 5.41) is 0. The quantitative estimate of drug-likeness (QED) is 0.762. The molecule has 1 aliphatic carbocycles. The van der Waals surface area contributed by atoms with Gasteiger partial charge in [0.05, 0.1) is 6.04 Å². The lowest BCUT2D eigenvalue weighted by atomic mass is 10.0. The molecule has 1 aliphatic heterocycles. The van der Waals surface area contributed by atoms with E-state index in [0.29, 0.717) is 5.70 Å². The number of thioether (sulfide) groups is 1. The van der Waals surface area contributed by atoms with Crippen LogP contribution in [-0.4, -0.2) is 41.7 Å². The Hall–Kier alpha value is -0.480. The van der Waals surface area contributed by atoms with Crippen LogP contribution in [0.15, 0.2) is 23.9 Å². The largest absolute Gasteiger partial charge is 0.399 e. The lowest BCUT2D eigenvalue weighted by Gasteiger charge is -2.33. The van der Waals surface area contributed by atoms with Crippen LogP contribution in [0.3, 0.4) is 0 Å². The molecule has 0 aromatic rings. The third-order valence-electron chi connectivity index (χ3n) is 3.05. The summed E-state index contributed by atoms with van der Waals surface area (Å²) in [6.07, 6.45) is 6.63. The highest BCUT2D eigenvalue weighted by Gasteiger charge is 2.26. The molecule has 2 N–H and O–H groups in total. The van der Waals surface area contributed by atoms with Gasteiger partial charge in [0.1, 0.15) is 6.17 Å². The van der Waals surface area contributed by atoms with E-state index < -0.39 is 6.17 Å². The van der Waals surface area contributed by atoms with Crippen molar-refractivity contribution >= 4 is 11.8 Å². The summed E-state index contributed by atoms with van der Waals surface area (Å²) in [5.74, 6) is 2.39. The number of halogens is 1. The van der Waals surface area contributed by atoms with Crippen LogP contribution in [0.1, 0.15) is 12.8 Å². The van der Waals surface area contributed by atoms with Gasteiger partial charge in [0.2, 0.25) is 0 Å². The van der Waals surface area contributed by atoms with Crippen LogP contribution < -0.4 is 5.73 Å². The summed E-state index contributed by atoms with van der Waals surface area (Å²) in [6, 6.07) is -0.101. The van der Waals surface area contributed by atoms with Crippen molar-refractivity contribution in [2.75, 3.05) is 24.6 Å². The van der Waals surface area contributed by atoms with Gasteiger partial charge in [-0.05, 0) is 49.6 Å². The van der Waals surface area contributed by atoms with Crippen LogP contribution in [0.4, 0.5) is 4.39 Å². The van der Waals surface area contributed by atoms with E-state index in [1.54, 1.807) is 0 Å². The van der Waals surface area contributed by atoms with Crippen LogP contribution in [0.25, 0.3) is 0 Å². The normalized spacial score (nSPS) is 32.9. The molecule has 0 radical (unpaired) electrons. The van der Waals surface area contributed by atoms with Gasteiger partial charge in [-0.3, -0.25) is 4.90 Å². The minimum Gasteiger partial charge on any atom is -0.399 e. The third kappa shape index (κ3) is 3.01. The molecule has 0 bridgehead atoms. The van der Waals surface area contributed by atoms with Crippen molar-refractivity contribution in [3.63, 3.8) is 0 Å². The molecule has 2 nitrogen and oxygen atoms in total. The molecule has 2 atom stereocenters. The zero-order valence-corrected chi connectivity index (χ0v) is 10.3. The molecule has 0 saturated carbocycles. The lowest BCUT2D eigenvalue weighted by Crippen LogP contribution is -2.43. The first-order valence-electron chi connectivity index (χ1n) is 5.89. The third-order valence-corrected chi connectivity index (χ3v) is 4.21. The molecule has 0 aromatic heterocycles. The fraction of sp³-hybridized carbons (Fsp3) is 0.667. The van der Waals surface area contributed by atoms with Gasteiger partial charge in [-0.25, -0.2) is 4.39 Å². The average Bonchev–Trinajstić information content (AvgIpc) is 2.19. The van der Waals surface area contributed by atoms with Crippen molar-refractivity contribution in [1.82, 2.24) is 4.90 Å². The molecule has 16 heavy (non-hydrogen) atoms. The Morgan fingerprint density at radius 3 is 2.62 bits per heavy atom.